The minimum atomic E-state index is -5.33. The largest absolute Gasteiger partial charge is 0.494 e. The summed E-state index contributed by atoms with van der Waals surface area (Å²) in [7, 11) is -2.68. The molecule has 0 radical (unpaired) electrons. The van der Waals surface area contributed by atoms with E-state index < -0.39 is 99.6 Å². The lowest BCUT2D eigenvalue weighted by molar-refractivity contribution is -0.141. The molecule has 376 valence electrons. The Bertz CT molecular complexity index is 2690. The number of nitrogens with one attached hydrogen (secondary N) is 2. The zero-order chi connectivity index (χ0) is 51.5. The fourth-order valence-electron chi connectivity index (χ4n) is 7.95. The second kappa shape index (κ2) is 21.1. The van der Waals surface area contributed by atoms with Crippen LogP contribution in [0.3, 0.4) is 0 Å². The Morgan fingerprint density at radius 1 is 1.04 bits per heavy atom. The number of nitrogens with zero attached hydrogens (tertiary/aromatic N) is 6. The number of hydrogen-bond donors (Lipinski definition) is 2. The van der Waals surface area contributed by atoms with Gasteiger partial charge in [-0.2, -0.15) is 31.6 Å². The van der Waals surface area contributed by atoms with Crippen LogP contribution in [0, 0.1) is 28.4 Å². The lowest BCUT2D eigenvalue weighted by atomic mass is 9.86. The Morgan fingerprint density at radius 3 is 2.39 bits per heavy atom. The summed E-state index contributed by atoms with van der Waals surface area (Å²) in [5.74, 6) is -4.78. The van der Waals surface area contributed by atoms with Crippen LogP contribution in [0.4, 0.5) is 46.5 Å². The predicted octanol–water partition coefficient (Wildman–Crippen LogP) is 8.76. The summed E-state index contributed by atoms with van der Waals surface area (Å²) >= 11 is 5.37. The molecule has 0 aliphatic carbocycles. The van der Waals surface area contributed by atoms with E-state index >= 15 is 8.78 Å². The fourth-order valence-corrected chi connectivity index (χ4v) is 9.76. The number of hydrogen-bond acceptors (Lipinski definition) is 11. The number of amides is 3. The molecule has 2 fully saturated rings. The third kappa shape index (κ3) is 11.6. The van der Waals surface area contributed by atoms with Crippen LogP contribution in [0.5, 0.6) is 5.75 Å². The average molecular weight is 1030 g/mol. The second-order valence-corrected chi connectivity index (χ2v) is 19.6. The molecule has 2 saturated heterocycles. The van der Waals surface area contributed by atoms with Crippen molar-refractivity contribution in [2.24, 2.45) is 5.41 Å². The van der Waals surface area contributed by atoms with Gasteiger partial charge in [-0.25, -0.2) is 13.8 Å². The van der Waals surface area contributed by atoms with Crippen LogP contribution in [0.1, 0.15) is 82.8 Å². The van der Waals surface area contributed by atoms with Crippen molar-refractivity contribution in [3.63, 3.8) is 0 Å². The third-order valence-electron chi connectivity index (χ3n) is 11.4. The summed E-state index contributed by atoms with van der Waals surface area (Å²) in [4.78, 5) is 50.9. The standard InChI is InChI=1S/C45H47F8N8O7PS/c1-42(2,3)37(39(63)59-14-8-9-33(59)38(62)57-22-28-21-55-23-68-28)58-69(65)24-66-15-6-7-16-67-27-11-12-29(30(18-27)44(48,49)50)36-31(46)17-26(20-56-36)61-41(70)60(40(64)43(61,4)5)32-13-10-25(19-54)34(35(32)47)45(51,52)53/h10-13,17-18,20-21,23,33,37,69H,6-9,14-16,22,24H2,1-5H3,(H,57,62)(H,58,65)/t33?,37-/m1/s1. The number of nitriles is 1. The van der Waals surface area contributed by atoms with E-state index in [9.17, 15) is 45.3 Å². The molecular weight excluding hydrogens is 980 g/mol. The van der Waals surface area contributed by atoms with Gasteiger partial charge in [-0.05, 0) is 87.5 Å². The van der Waals surface area contributed by atoms with E-state index in [1.807, 2.05) is 0 Å². The van der Waals surface area contributed by atoms with Crippen LogP contribution in [0.2, 0.25) is 0 Å². The van der Waals surface area contributed by atoms with Gasteiger partial charge in [0.25, 0.3) is 5.91 Å². The second-order valence-electron chi connectivity index (χ2n) is 17.8. The van der Waals surface area contributed by atoms with Gasteiger partial charge in [0, 0.05) is 24.8 Å². The first-order valence-electron chi connectivity index (χ1n) is 21.6. The van der Waals surface area contributed by atoms with Gasteiger partial charge >= 0.3 is 12.4 Å². The minimum absolute atomic E-state index is 0.0660. The van der Waals surface area contributed by atoms with Crippen LogP contribution >= 0.6 is 20.2 Å². The van der Waals surface area contributed by atoms with Crippen LogP contribution in [0.15, 0.2) is 59.6 Å². The zero-order valence-electron chi connectivity index (χ0n) is 38.2. The smallest absolute Gasteiger partial charge is 0.420 e. The summed E-state index contributed by atoms with van der Waals surface area (Å²) in [6, 6.07) is 4.56. The Hall–Kier alpha value is -6.02. The van der Waals surface area contributed by atoms with Crippen molar-refractivity contribution in [1.29, 1.82) is 5.26 Å². The fraction of sp³-hybridized carbons (Fsp3) is 0.444. The molecule has 2 aromatic heterocycles. The van der Waals surface area contributed by atoms with E-state index in [1.165, 1.54) is 43.5 Å². The van der Waals surface area contributed by atoms with E-state index in [1.54, 1.807) is 20.8 Å². The molecular formula is C45H47F8N8O7PS. The molecule has 4 aromatic rings. The van der Waals surface area contributed by atoms with Gasteiger partial charge in [0.05, 0.1) is 60.2 Å². The molecule has 70 heavy (non-hydrogen) atoms. The molecule has 0 saturated carbocycles. The molecule has 15 nitrogen and oxygen atoms in total. The van der Waals surface area contributed by atoms with Crippen LogP contribution in [0.25, 0.3) is 11.3 Å². The third-order valence-corrected chi connectivity index (χ3v) is 12.9. The van der Waals surface area contributed by atoms with Crippen molar-refractivity contribution in [1.82, 2.24) is 25.3 Å². The highest BCUT2D eigenvalue weighted by atomic mass is 32.1. The summed E-state index contributed by atoms with van der Waals surface area (Å²) < 4.78 is 145. The Balaban J connectivity index is 1.04. The molecule has 4 heterocycles. The number of carbonyl (C=O) groups excluding carboxylic acids is 3. The van der Waals surface area contributed by atoms with E-state index in [2.05, 4.69) is 20.4 Å². The first-order valence-corrected chi connectivity index (χ1v) is 23.6. The first-order chi connectivity index (χ1) is 32.8. The zero-order valence-corrected chi connectivity index (χ0v) is 40.0. The van der Waals surface area contributed by atoms with Gasteiger partial charge < -0.3 is 33.6 Å². The summed E-state index contributed by atoms with van der Waals surface area (Å²) in [6.45, 7) is 8.39. The van der Waals surface area contributed by atoms with Crippen LogP contribution in [-0.4, -0.2) is 81.4 Å². The van der Waals surface area contributed by atoms with E-state index in [4.69, 9.17) is 31.4 Å². The lowest BCUT2D eigenvalue weighted by Crippen LogP contribution is -2.55. The van der Waals surface area contributed by atoms with Crippen molar-refractivity contribution in [2.45, 2.75) is 96.8 Å². The van der Waals surface area contributed by atoms with E-state index in [0.29, 0.717) is 55.0 Å². The highest BCUT2D eigenvalue weighted by Gasteiger charge is 2.52. The average Bonchev–Trinajstić information content (AvgIpc) is 4.03. The van der Waals surface area contributed by atoms with Crippen molar-refractivity contribution in [2.75, 3.05) is 35.9 Å². The molecule has 0 spiro atoms. The molecule has 3 amide bonds. The highest BCUT2D eigenvalue weighted by molar-refractivity contribution is 7.81. The number of rotatable bonds is 17. The Kier molecular flexibility index (Phi) is 16.1. The molecule has 25 heteroatoms. The summed E-state index contributed by atoms with van der Waals surface area (Å²) in [5, 5.41) is 14.2. The molecule has 2 aliphatic heterocycles. The van der Waals surface area contributed by atoms with Crippen LogP contribution < -0.4 is 24.9 Å². The number of benzene rings is 2. The SMILES string of the molecule is CC(C)(C)[C@H](N[PH](=O)COCCCCOc1ccc(-c2ncc(N3C(=S)N(c4ccc(C#N)c(C(F)(F)F)c4F)C(=O)C3(C)C)cc2F)c(C(F)(F)F)c1)C(=O)N1CCCC1C(=O)NCc1cnco1. The molecule has 2 unspecified atom stereocenters. The number of likely N-dealkylation sites (tertiary alicyclic amines) is 1. The predicted molar refractivity (Wildman–Crippen MR) is 241 cm³/mol. The Morgan fingerprint density at radius 2 is 1.76 bits per heavy atom. The lowest BCUT2D eigenvalue weighted by Gasteiger charge is -2.35. The number of carbonyl (C=O) groups is 3. The number of ether oxygens (including phenoxy) is 2. The molecule has 0 bridgehead atoms. The quantitative estimate of drug-likeness (QED) is 0.0444. The number of thiocarbonyl (C=S) groups is 1. The number of halogens is 8. The molecule has 3 atom stereocenters. The van der Waals surface area contributed by atoms with E-state index in [-0.39, 0.29) is 49.4 Å². The highest BCUT2D eigenvalue weighted by Crippen LogP contribution is 2.44. The molecule has 2 aliphatic rings. The van der Waals surface area contributed by atoms with Gasteiger partial charge in [-0.15, -0.1) is 0 Å². The van der Waals surface area contributed by atoms with E-state index in [0.717, 1.165) is 29.3 Å². The number of pyridine rings is 1. The number of aromatic nitrogens is 2. The monoisotopic (exact) mass is 1030 g/mol. The normalized spacial score (nSPS) is 17.2. The Labute approximate surface area is 402 Å². The van der Waals surface area contributed by atoms with Crippen molar-refractivity contribution in [3.8, 4) is 23.1 Å². The first kappa shape index (κ1) is 53.3. The maximum absolute atomic E-state index is 15.9. The topological polar surface area (TPSA) is 183 Å². The van der Waals surface area contributed by atoms with Crippen LogP contribution in [-0.2, 0) is 42.6 Å². The maximum Gasteiger partial charge on any atom is 0.420 e. The van der Waals surface area contributed by atoms with Crippen molar-refractivity contribution in [3.05, 3.63) is 89.3 Å². The molecule has 2 aromatic carbocycles. The number of unbranched alkanes of at least 4 members (excludes halogenated alkanes) is 1. The van der Waals surface area contributed by atoms with Gasteiger partial charge in [-0.3, -0.25) is 29.4 Å². The maximum atomic E-state index is 15.9. The van der Waals surface area contributed by atoms with Gasteiger partial charge in [0.2, 0.25) is 11.8 Å². The minimum Gasteiger partial charge on any atom is -0.494 e. The summed E-state index contributed by atoms with van der Waals surface area (Å²) in [6.07, 6.45) is -5.28. The summed E-state index contributed by atoms with van der Waals surface area (Å²) in [5.41, 5.74) is -9.45. The number of anilines is 2. The van der Waals surface area contributed by atoms with Gasteiger partial charge in [-0.1, -0.05) is 20.8 Å². The molecule has 2 N–H and O–H groups in total. The number of alkyl halides is 6. The molecule has 6 rings (SSSR count). The van der Waals surface area contributed by atoms with Crippen molar-refractivity contribution < 1.29 is 68.0 Å². The van der Waals surface area contributed by atoms with Gasteiger partial charge in [0.1, 0.15) is 40.7 Å². The van der Waals surface area contributed by atoms with Crippen molar-refractivity contribution >= 4 is 54.4 Å². The number of oxazole rings is 1. The van der Waals surface area contributed by atoms with Gasteiger partial charge in [0.15, 0.2) is 31.1 Å².